The second-order valence-electron chi connectivity index (χ2n) is 6.57. The van der Waals surface area contributed by atoms with E-state index in [4.69, 9.17) is 11.6 Å². The van der Waals surface area contributed by atoms with Gasteiger partial charge in [-0.05, 0) is 18.2 Å². The lowest BCUT2D eigenvalue weighted by atomic mass is 10.0. The number of nitrogens with one attached hydrogen (secondary N) is 1. The maximum Gasteiger partial charge on any atom is 0.271 e. The monoisotopic (exact) mass is 441 g/mol. The average Bonchev–Trinajstić information content (AvgIpc) is 2.75. The van der Waals surface area contributed by atoms with Crippen LogP contribution in [0.1, 0.15) is 21.5 Å². The van der Waals surface area contributed by atoms with Crippen LogP contribution in [0.3, 0.4) is 0 Å². The molecule has 0 saturated carbocycles. The van der Waals surface area contributed by atoms with Gasteiger partial charge in [-0.2, -0.15) is 5.10 Å². The van der Waals surface area contributed by atoms with E-state index >= 15 is 0 Å². The Labute approximate surface area is 180 Å². The molecule has 1 amide bonds. The van der Waals surface area contributed by atoms with Gasteiger partial charge in [-0.1, -0.05) is 72.3 Å². The Kier molecular flexibility index (Phi) is 6.66. The minimum Gasteiger partial charge on any atom is -0.267 e. The molecule has 30 heavy (non-hydrogen) atoms. The normalized spacial score (nSPS) is 11.2. The highest BCUT2D eigenvalue weighted by atomic mass is 35.5. The fourth-order valence-electron chi connectivity index (χ4n) is 2.70. The summed E-state index contributed by atoms with van der Waals surface area (Å²) < 4.78 is 25.9. The molecule has 0 atom stereocenters. The number of hydrazone groups is 1. The second kappa shape index (κ2) is 9.21. The van der Waals surface area contributed by atoms with Crippen LogP contribution < -0.4 is 5.43 Å². The van der Waals surface area contributed by atoms with Gasteiger partial charge in [0.15, 0.2) is 0 Å². The number of hydrogen-bond acceptors (Lipinski definition) is 4. The summed E-state index contributed by atoms with van der Waals surface area (Å²) in [5.41, 5.74) is 4.89. The summed E-state index contributed by atoms with van der Waals surface area (Å²) in [6.45, 7) is 0. The summed E-state index contributed by atoms with van der Waals surface area (Å²) in [6.07, 6.45) is 0. The molecule has 3 aromatic carbocycles. The van der Waals surface area contributed by atoms with Crippen molar-refractivity contribution in [2.24, 2.45) is 5.10 Å². The van der Waals surface area contributed by atoms with Crippen molar-refractivity contribution in [2.75, 3.05) is 14.1 Å². The van der Waals surface area contributed by atoms with Crippen molar-refractivity contribution < 1.29 is 13.2 Å². The van der Waals surface area contributed by atoms with Crippen LogP contribution in [0.15, 0.2) is 88.9 Å². The highest BCUT2D eigenvalue weighted by Gasteiger charge is 2.22. The minimum absolute atomic E-state index is 0.0398. The first-order valence-electron chi connectivity index (χ1n) is 9.01. The van der Waals surface area contributed by atoms with Gasteiger partial charge in [0.2, 0.25) is 10.0 Å². The summed E-state index contributed by atoms with van der Waals surface area (Å²) in [5, 5.41) is 4.35. The zero-order valence-electron chi connectivity index (χ0n) is 16.4. The Bertz CT molecular complexity index is 1140. The first-order valence-corrected chi connectivity index (χ1v) is 10.8. The lowest BCUT2D eigenvalue weighted by molar-refractivity contribution is 0.0954. The zero-order valence-corrected chi connectivity index (χ0v) is 18.0. The summed E-state index contributed by atoms with van der Waals surface area (Å²) >= 11 is 6.05. The number of amides is 1. The number of benzene rings is 3. The van der Waals surface area contributed by atoms with E-state index in [1.165, 1.54) is 32.3 Å². The largest absolute Gasteiger partial charge is 0.271 e. The number of rotatable bonds is 6. The van der Waals surface area contributed by atoms with Crippen molar-refractivity contribution in [1.29, 1.82) is 0 Å². The standard InChI is InChI=1S/C22H20ClN3O3S/c1-26(2)30(28,29)20-15-18(13-14-19(20)23)22(27)25-24-21(16-9-5-3-6-10-16)17-11-7-4-8-12-17/h3-15H,1-2H3,(H,25,27). The number of nitrogens with zero attached hydrogens (tertiary/aromatic N) is 2. The van der Waals surface area contributed by atoms with Crippen molar-refractivity contribution in [2.45, 2.75) is 4.90 Å². The summed E-state index contributed by atoms with van der Waals surface area (Å²) in [7, 11) is -1.00. The first-order chi connectivity index (χ1) is 14.3. The third-order valence-electron chi connectivity index (χ3n) is 4.32. The van der Waals surface area contributed by atoms with Crippen LogP contribution >= 0.6 is 11.6 Å². The van der Waals surface area contributed by atoms with E-state index < -0.39 is 15.9 Å². The lowest BCUT2D eigenvalue weighted by Gasteiger charge is -2.13. The molecule has 0 radical (unpaired) electrons. The van der Waals surface area contributed by atoms with Gasteiger partial charge in [0.1, 0.15) is 4.90 Å². The smallest absolute Gasteiger partial charge is 0.267 e. The Balaban J connectivity index is 1.95. The SMILES string of the molecule is CN(C)S(=O)(=O)c1cc(C(=O)NN=C(c2ccccc2)c2ccccc2)ccc1Cl. The third-order valence-corrected chi connectivity index (χ3v) is 6.61. The average molecular weight is 442 g/mol. The number of halogens is 1. The van der Waals surface area contributed by atoms with Crippen LogP contribution in [0.4, 0.5) is 0 Å². The molecular formula is C22H20ClN3O3S. The predicted molar refractivity (Wildman–Crippen MR) is 118 cm³/mol. The maximum atomic E-state index is 12.7. The number of carbonyl (C=O) groups excluding carboxylic acids is 1. The Hall–Kier alpha value is -3.00. The molecule has 6 nitrogen and oxygen atoms in total. The Morgan fingerprint density at radius 1 is 0.867 bits per heavy atom. The molecule has 0 aliphatic heterocycles. The first kappa shape index (κ1) is 21.7. The second-order valence-corrected chi connectivity index (χ2v) is 9.09. The van der Waals surface area contributed by atoms with E-state index in [9.17, 15) is 13.2 Å². The molecule has 1 N–H and O–H groups in total. The number of hydrogen-bond donors (Lipinski definition) is 1. The van der Waals surface area contributed by atoms with E-state index in [1.54, 1.807) is 0 Å². The van der Waals surface area contributed by atoms with E-state index in [0.29, 0.717) is 5.71 Å². The molecule has 0 aliphatic rings. The van der Waals surface area contributed by atoms with E-state index in [1.807, 2.05) is 60.7 Å². The van der Waals surface area contributed by atoms with Crippen LogP contribution in [0, 0.1) is 0 Å². The highest BCUT2D eigenvalue weighted by Crippen LogP contribution is 2.24. The fourth-order valence-corrected chi connectivity index (χ4v) is 4.09. The van der Waals surface area contributed by atoms with Gasteiger partial charge in [-0.25, -0.2) is 18.1 Å². The maximum absolute atomic E-state index is 12.7. The van der Waals surface area contributed by atoms with Crippen molar-refractivity contribution in [3.63, 3.8) is 0 Å². The van der Waals surface area contributed by atoms with Gasteiger partial charge in [0, 0.05) is 30.8 Å². The molecule has 3 rings (SSSR count). The summed E-state index contributed by atoms with van der Waals surface area (Å²) in [6, 6.07) is 23.0. The van der Waals surface area contributed by atoms with Gasteiger partial charge in [-0.3, -0.25) is 4.79 Å². The van der Waals surface area contributed by atoms with Crippen LogP contribution in [0.2, 0.25) is 5.02 Å². The minimum atomic E-state index is -3.80. The van der Waals surface area contributed by atoms with Crippen LogP contribution in [0.5, 0.6) is 0 Å². The molecule has 0 heterocycles. The molecule has 0 aromatic heterocycles. The molecule has 0 bridgehead atoms. The van der Waals surface area contributed by atoms with Crippen LogP contribution in [-0.4, -0.2) is 38.4 Å². The van der Waals surface area contributed by atoms with Crippen molar-refractivity contribution in [1.82, 2.24) is 9.73 Å². The molecule has 3 aromatic rings. The van der Waals surface area contributed by atoms with Gasteiger partial charge in [0.05, 0.1) is 10.7 Å². The number of sulfonamides is 1. The van der Waals surface area contributed by atoms with Crippen molar-refractivity contribution >= 4 is 33.2 Å². The molecule has 0 spiro atoms. The number of carbonyl (C=O) groups is 1. The molecular weight excluding hydrogens is 422 g/mol. The van der Waals surface area contributed by atoms with E-state index in [0.717, 1.165) is 15.4 Å². The molecule has 8 heteroatoms. The third kappa shape index (κ3) is 4.76. The Morgan fingerprint density at radius 3 is 1.90 bits per heavy atom. The summed E-state index contributed by atoms with van der Waals surface area (Å²) in [5.74, 6) is -0.550. The van der Waals surface area contributed by atoms with Crippen LogP contribution in [0.25, 0.3) is 0 Å². The molecule has 0 fully saturated rings. The molecule has 0 aliphatic carbocycles. The van der Waals surface area contributed by atoms with E-state index in [2.05, 4.69) is 10.5 Å². The van der Waals surface area contributed by atoms with E-state index in [-0.39, 0.29) is 15.5 Å². The van der Waals surface area contributed by atoms with Gasteiger partial charge < -0.3 is 0 Å². The Morgan fingerprint density at radius 2 is 1.40 bits per heavy atom. The molecule has 0 saturated heterocycles. The van der Waals surface area contributed by atoms with Crippen molar-refractivity contribution in [3.8, 4) is 0 Å². The van der Waals surface area contributed by atoms with Gasteiger partial charge >= 0.3 is 0 Å². The fraction of sp³-hybridized carbons (Fsp3) is 0.0909. The highest BCUT2D eigenvalue weighted by molar-refractivity contribution is 7.89. The van der Waals surface area contributed by atoms with Gasteiger partial charge in [-0.15, -0.1) is 0 Å². The quantitative estimate of drug-likeness (QED) is 0.467. The lowest BCUT2D eigenvalue weighted by Crippen LogP contribution is -2.24. The van der Waals surface area contributed by atoms with Crippen LogP contribution in [-0.2, 0) is 10.0 Å². The summed E-state index contributed by atoms with van der Waals surface area (Å²) in [4.78, 5) is 12.6. The zero-order chi connectivity index (χ0) is 21.7. The molecule has 154 valence electrons. The van der Waals surface area contributed by atoms with Crippen molar-refractivity contribution in [3.05, 3.63) is 101 Å². The predicted octanol–water partition coefficient (Wildman–Crippen LogP) is 3.77. The van der Waals surface area contributed by atoms with Gasteiger partial charge in [0.25, 0.3) is 5.91 Å². The molecule has 0 unspecified atom stereocenters. The topological polar surface area (TPSA) is 78.8 Å².